The Hall–Kier alpha value is -2.66. The fraction of sp³-hybridized carbons (Fsp3) is 0.0625. The number of halogens is 1. The molecule has 0 atom stereocenters. The van der Waals surface area contributed by atoms with E-state index in [1.807, 2.05) is 6.07 Å². The first kappa shape index (κ1) is 14.3. The minimum atomic E-state index is -1.25. The molecule has 0 saturated carbocycles. The van der Waals surface area contributed by atoms with E-state index < -0.39 is 11.5 Å². The van der Waals surface area contributed by atoms with Crippen LogP contribution in [0.3, 0.4) is 0 Å². The van der Waals surface area contributed by atoms with Crippen molar-refractivity contribution in [2.75, 3.05) is 0 Å². The average Bonchev–Trinajstić information content (AvgIpc) is 2.51. The van der Waals surface area contributed by atoms with Gasteiger partial charge in [-0.3, -0.25) is 9.78 Å². The summed E-state index contributed by atoms with van der Waals surface area (Å²) in [7, 11) is 0. The van der Waals surface area contributed by atoms with Gasteiger partial charge in [-0.2, -0.15) is 0 Å². The van der Waals surface area contributed by atoms with Crippen molar-refractivity contribution in [2.24, 2.45) is 0 Å². The summed E-state index contributed by atoms with van der Waals surface area (Å²) in [5.41, 5.74) is 0.389. The van der Waals surface area contributed by atoms with Crippen LogP contribution in [0.15, 0.2) is 53.5 Å². The lowest BCUT2D eigenvalue weighted by atomic mass is 10.1. The normalized spacial score (nSPS) is 10.8. The summed E-state index contributed by atoms with van der Waals surface area (Å²) in [5.74, 6) is -1.25. The molecule has 0 unspecified atom stereocenters. The maximum absolute atomic E-state index is 12.5. The maximum atomic E-state index is 12.5. The van der Waals surface area contributed by atoms with E-state index in [1.54, 1.807) is 36.5 Å². The highest BCUT2D eigenvalue weighted by atomic mass is 35.5. The van der Waals surface area contributed by atoms with Crippen molar-refractivity contribution >= 4 is 28.5 Å². The summed E-state index contributed by atoms with van der Waals surface area (Å²) in [6.45, 7) is 0.178. The first-order valence-electron chi connectivity index (χ1n) is 6.52. The van der Waals surface area contributed by atoms with Gasteiger partial charge in [-0.25, -0.2) is 4.79 Å². The molecule has 110 valence electrons. The Kier molecular flexibility index (Phi) is 3.65. The zero-order valence-electron chi connectivity index (χ0n) is 11.4. The molecule has 6 heteroatoms. The topological polar surface area (TPSA) is 72.2 Å². The smallest absolute Gasteiger partial charge is 0.341 e. The number of nitrogens with zero attached hydrogens (tertiary/aromatic N) is 2. The van der Waals surface area contributed by atoms with Crippen LogP contribution in [0.4, 0.5) is 0 Å². The van der Waals surface area contributed by atoms with Crippen LogP contribution < -0.4 is 5.56 Å². The molecule has 0 radical (unpaired) electrons. The Morgan fingerprint density at radius 3 is 2.73 bits per heavy atom. The molecule has 22 heavy (non-hydrogen) atoms. The van der Waals surface area contributed by atoms with Gasteiger partial charge < -0.3 is 9.67 Å². The van der Waals surface area contributed by atoms with E-state index in [2.05, 4.69) is 4.98 Å². The predicted molar refractivity (Wildman–Crippen MR) is 83.5 cm³/mol. The van der Waals surface area contributed by atoms with Gasteiger partial charge in [-0.15, -0.1) is 0 Å². The quantitative estimate of drug-likeness (QED) is 0.807. The van der Waals surface area contributed by atoms with E-state index in [-0.39, 0.29) is 12.1 Å². The third-order valence-electron chi connectivity index (χ3n) is 3.34. The number of carboxylic acid groups (broad SMARTS) is 1. The third kappa shape index (κ3) is 2.58. The molecule has 3 aromatic rings. The summed E-state index contributed by atoms with van der Waals surface area (Å²) >= 11 is 6.00. The molecule has 1 N–H and O–H groups in total. The lowest BCUT2D eigenvalue weighted by molar-refractivity contribution is 0.0694. The minimum absolute atomic E-state index is 0.178. The van der Waals surface area contributed by atoms with Crippen LogP contribution in [-0.4, -0.2) is 20.6 Å². The fourth-order valence-corrected chi connectivity index (χ4v) is 2.47. The van der Waals surface area contributed by atoms with E-state index in [9.17, 15) is 14.7 Å². The Labute approximate surface area is 130 Å². The van der Waals surface area contributed by atoms with E-state index in [0.717, 1.165) is 0 Å². The van der Waals surface area contributed by atoms with Gasteiger partial charge >= 0.3 is 5.97 Å². The van der Waals surface area contributed by atoms with Crippen molar-refractivity contribution in [2.45, 2.75) is 6.54 Å². The number of aromatic carboxylic acids is 1. The Balaban J connectivity index is 2.29. The SMILES string of the molecule is O=C(O)c1cc2ccc(Cl)cc2n(Cc2ccccn2)c1=O. The van der Waals surface area contributed by atoms with E-state index in [4.69, 9.17) is 11.6 Å². The number of carbonyl (C=O) groups is 1. The summed E-state index contributed by atoms with van der Waals surface area (Å²) in [6.07, 6.45) is 1.62. The number of rotatable bonds is 3. The Morgan fingerprint density at radius 2 is 2.05 bits per heavy atom. The average molecular weight is 315 g/mol. The van der Waals surface area contributed by atoms with Crippen LogP contribution in [0.25, 0.3) is 10.9 Å². The van der Waals surface area contributed by atoms with E-state index in [0.29, 0.717) is 21.6 Å². The molecule has 3 rings (SSSR count). The van der Waals surface area contributed by atoms with Crippen molar-refractivity contribution in [3.8, 4) is 0 Å². The van der Waals surface area contributed by atoms with Crippen LogP contribution in [-0.2, 0) is 6.54 Å². The van der Waals surface area contributed by atoms with E-state index >= 15 is 0 Å². The van der Waals surface area contributed by atoms with Crippen molar-refractivity contribution in [1.29, 1.82) is 0 Å². The van der Waals surface area contributed by atoms with Crippen molar-refractivity contribution < 1.29 is 9.90 Å². The monoisotopic (exact) mass is 314 g/mol. The molecule has 0 aliphatic heterocycles. The summed E-state index contributed by atoms with van der Waals surface area (Å²) in [5, 5.41) is 10.3. The molecule has 0 spiro atoms. The largest absolute Gasteiger partial charge is 0.477 e. The minimum Gasteiger partial charge on any atom is -0.477 e. The number of pyridine rings is 2. The summed E-state index contributed by atoms with van der Waals surface area (Å²) < 4.78 is 1.38. The van der Waals surface area contributed by atoms with Gasteiger partial charge in [-0.05, 0) is 35.7 Å². The third-order valence-corrected chi connectivity index (χ3v) is 3.57. The number of fused-ring (bicyclic) bond motifs is 1. The number of hydrogen-bond acceptors (Lipinski definition) is 3. The second kappa shape index (κ2) is 5.61. The van der Waals surface area contributed by atoms with Gasteiger partial charge in [0.25, 0.3) is 5.56 Å². The number of benzene rings is 1. The molecule has 0 amide bonds. The molecule has 0 fully saturated rings. The predicted octanol–water partition coefficient (Wildman–Crippen LogP) is 2.80. The second-order valence-electron chi connectivity index (χ2n) is 4.78. The fourth-order valence-electron chi connectivity index (χ4n) is 2.31. The molecule has 5 nitrogen and oxygen atoms in total. The molecule has 0 bridgehead atoms. The van der Waals surface area contributed by atoms with Crippen LogP contribution in [0, 0.1) is 0 Å². The molecule has 0 saturated heterocycles. The molecular formula is C16H11ClN2O3. The van der Waals surface area contributed by atoms with Crippen molar-refractivity contribution in [1.82, 2.24) is 9.55 Å². The number of aromatic nitrogens is 2. The Bertz CT molecular complexity index is 920. The van der Waals surface area contributed by atoms with Crippen LogP contribution in [0.1, 0.15) is 16.1 Å². The van der Waals surface area contributed by atoms with Gasteiger partial charge in [0, 0.05) is 11.2 Å². The maximum Gasteiger partial charge on any atom is 0.341 e. The summed E-state index contributed by atoms with van der Waals surface area (Å²) in [6, 6.07) is 11.7. The highest BCUT2D eigenvalue weighted by molar-refractivity contribution is 6.31. The van der Waals surface area contributed by atoms with Gasteiger partial charge in [0.2, 0.25) is 0 Å². The van der Waals surface area contributed by atoms with E-state index in [1.165, 1.54) is 10.6 Å². The van der Waals surface area contributed by atoms with Crippen LogP contribution in [0.5, 0.6) is 0 Å². The first-order chi connectivity index (χ1) is 10.6. The van der Waals surface area contributed by atoms with Gasteiger partial charge in [-0.1, -0.05) is 23.7 Å². The van der Waals surface area contributed by atoms with Crippen molar-refractivity contribution in [3.05, 3.63) is 75.3 Å². The second-order valence-corrected chi connectivity index (χ2v) is 5.22. The molecule has 1 aromatic carbocycles. The zero-order valence-corrected chi connectivity index (χ0v) is 12.1. The van der Waals surface area contributed by atoms with Crippen LogP contribution >= 0.6 is 11.6 Å². The Morgan fingerprint density at radius 1 is 1.23 bits per heavy atom. The molecule has 2 aromatic heterocycles. The van der Waals surface area contributed by atoms with Gasteiger partial charge in [0.05, 0.1) is 17.8 Å². The first-order valence-corrected chi connectivity index (χ1v) is 6.90. The van der Waals surface area contributed by atoms with Gasteiger partial charge in [0.1, 0.15) is 5.56 Å². The molecule has 0 aliphatic carbocycles. The van der Waals surface area contributed by atoms with Gasteiger partial charge in [0.15, 0.2) is 0 Å². The van der Waals surface area contributed by atoms with Crippen molar-refractivity contribution in [3.63, 3.8) is 0 Å². The summed E-state index contributed by atoms with van der Waals surface area (Å²) in [4.78, 5) is 27.9. The standard InChI is InChI=1S/C16H11ClN2O3/c17-11-5-4-10-7-13(16(21)22)15(20)19(14(10)8-11)9-12-3-1-2-6-18-12/h1-8H,9H2,(H,21,22). The molecular weight excluding hydrogens is 304 g/mol. The van der Waals surface area contributed by atoms with Crippen LogP contribution in [0.2, 0.25) is 5.02 Å². The highest BCUT2D eigenvalue weighted by Gasteiger charge is 2.15. The lowest BCUT2D eigenvalue weighted by Crippen LogP contribution is -2.27. The number of hydrogen-bond donors (Lipinski definition) is 1. The molecule has 2 heterocycles. The lowest BCUT2D eigenvalue weighted by Gasteiger charge is -2.11. The highest BCUT2D eigenvalue weighted by Crippen LogP contribution is 2.19. The number of carboxylic acids is 1. The zero-order chi connectivity index (χ0) is 15.7. The molecule has 0 aliphatic rings.